The highest BCUT2D eigenvalue weighted by Gasteiger charge is 2.43. The quantitative estimate of drug-likeness (QED) is 0.696. The average molecular weight is 314 g/mol. The molecule has 1 aliphatic rings. The lowest BCUT2D eigenvalue weighted by atomic mass is 10.1. The van der Waals surface area contributed by atoms with Crippen molar-refractivity contribution in [2.24, 2.45) is 18.1 Å². The van der Waals surface area contributed by atoms with Gasteiger partial charge in [0.15, 0.2) is 0 Å². The minimum Gasteiger partial charge on any atom is -0.273 e. The average Bonchev–Trinajstić information content (AvgIpc) is 3.27. The van der Waals surface area contributed by atoms with E-state index in [1.54, 1.807) is 6.92 Å². The molecule has 1 N–H and O–H groups in total. The molecule has 1 fully saturated rings. The fourth-order valence-corrected chi connectivity index (χ4v) is 2.70. The fraction of sp³-hybridized carbons (Fsp3) is 0.353. The lowest BCUT2D eigenvalue weighted by Crippen LogP contribution is -2.20. The number of hydrogen-bond donors (Lipinski definition) is 1. The van der Waals surface area contributed by atoms with Crippen LogP contribution in [0, 0.1) is 25.7 Å². The van der Waals surface area contributed by atoms with Crippen LogP contribution in [-0.4, -0.2) is 21.9 Å². The zero-order valence-corrected chi connectivity index (χ0v) is 13.4. The van der Waals surface area contributed by atoms with Crippen LogP contribution in [0.15, 0.2) is 29.4 Å². The first-order chi connectivity index (χ1) is 11.0. The molecule has 5 nitrogen and oxygen atoms in total. The van der Waals surface area contributed by atoms with Gasteiger partial charge in [-0.25, -0.2) is 10.1 Å². The molecule has 0 radical (unpaired) electrons. The van der Waals surface area contributed by atoms with E-state index in [-0.39, 0.29) is 17.7 Å². The molecule has 0 aliphatic heterocycles. The topological polar surface area (TPSA) is 59.3 Å². The molecule has 1 heterocycles. The summed E-state index contributed by atoms with van der Waals surface area (Å²) in [5, 5.41) is 7.81. The first-order valence-corrected chi connectivity index (χ1v) is 7.56. The van der Waals surface area contributed by atoms with E-state index >= 15 is 0 Å². The normalized spacial score (nSPS) is 20.0. The zero-order chi connectivity index (χ0) is 16.6. The van der Waals surface area contributed by atoms with Crippen LogP contribution in [0.2, 0.25) is 0 Å². The fourth-order valence-electron chi connectivity index (χ4n) is 2.70. The van der Waals surface area contributed by atoms with Crippen molar-refractivity contribution in [2.75, 3.05) is 0 Å². The van der Waals surface area contributed by atoms with E-state index in [0.717, 1.165) is 11.1 Å². The van der Waals surface area contributed by atoms with Crippen LogP contribution in [0.4, 0.5) is 4.39 Å². The largest absolute Gasteiger partial charge is 0.273 e. The van der Waals surface area contributed by atoms with Gasteiger partial charge in [0.2, 0.25) is 11.9 Å². The minimum absolute atomic E-state index is 0.0605. The number of rotatable bonds is 4. The number of hydrogen-bond acceptors (Lipinski definition) is 3. The second-order valence-corrected chi connectivity index (χ2v) is 6.01. The number of carbonyl (C=O) groups is 1. The van der Waals surface area contributed by atoms with Gasteiger partial charge >= 0.3 is 0 Å². The van der Waals surface area contributed by atoms with E-state index in [4.69, 9.17) is 0 Å². The van der Waals surface area contributed by atoms with Gasteiger partial charge in [0.1, 0.15) is 0 Å². The maximum atomic E-state index is 13.7. The van der Waals surface area contributed by atoms with Crippen LogP contribution in [0.5, 0.6) is 0 Å². The van der Waals surface area contributed by atoms with Crippen LogP contribution in [-0.2, 0) is 11.8 Å². The summed E-state index contributed by atoms with van der Waals surface area (Å²) in [6.07, 6.45) is 2.13. The van der Waals surface area contributed by atoms with Crippen LogP contribution < -0.4 is 5.43 Å². The number of nitrogens with zero attached hydrogens (tertiary/aromatic N) is 3. The molecular formula is C17H19FN4O. The summed E-state index contributed by atoms with van der Waals surface area (Å²) in [6, 6.07) is 8.22. The molecular weight excluding hydrogens is 295 g/mol. The molecule has 0 saturated heterocycles. The second-order valence-electron chi connectivity index (χ2n) is 6.01. The third-order valence-electron chi connectivity index (χ3n) is 4.20. The highest BCUT2D eigenvalue weighted by Crippen LogP contribution is 2.47. The van der Waals surface area contributed by atoms with Gasteiger partial charge in [-0.15, -0.1) is 0 Å². The van der Waals surface area contributed by atoms with Crippen molar-refractivity contribution in [1.82, 2.24) is 15.2 Å². The van der Waals surface area contributed by atoms with Crippen LogP contribution in [0.3, 0.4) is 0 Å². The van der Waals surface area contributed by atoms with Gasteiger partial charge in [-0.3, -0.25) is 4.79 Å². The Hall–Kier alpha value is -2.50. The minimum atomic E-state index is -0.468. The van der Waals surface area contributed by atoms with E-state index in [0.29, 0.717) is 11.3 Å². The van der Waals surface area contributed by atoms with Gasteiger partial charge in [0.25, 0.3) is 0 Å². The summed E-state index contributed by atoms with van der Waals surface area (Å²) in [6.45, 7) is 3.73. The summed E-state index contributed by atoms with van der Waals surface area (Å²) < 4.78 is 14.9. The molecule has 1 aromatic heterocycles. The number of nitrogens with one attached hydrogen (secondary N) is 1. The lowest BCUT2D eigenvalue weighted by molar-refractivity contribution is -0.122. The maximum absolute atomic E-state index is 13.7. The number of carbonyl (C=O) groups excluding carboxylic acids is 1. The molecule has 0 bridgehead atoms. The van der Waals surface area contributed by atoms with Crippen LogP contribution >= 0.6 is 0 Å². The highest BCUT2D eigenvalue weighted by atomic mass is 19.1. The molecule has 120 valence electrons. The molecule has 1 aliphatic carbocycles. The first kappa shape index (κ1) is 15.4. The van der Waals surface area contributed by atoms with E-state index < -0.39 is 5.95 Å². The third kappa shape index (κ3) is 3.16. The molecule has 6 heteroatoms. The van der Waals surface area contributed by atoms with Gasteiger partial charge in [0, 0.05) is 13.0 Å². The second kappa shape index (κ2) is 5.95. The van der Waals surface area contributed by atoms with E-state index in [2.05, 4.69) is 39.9 Å². The first-order valence-electron chi connectivity index (χ1n) is 7.56. The zero-order valence-electron chi connectivity index (χ0n) is 13.4. The summed E-state index contributed by atoms with van der Waals surface area (Å²) in [5.74, 6) is -0.407. The number of halogens is 1. The van der Waals surface area contributed by atoms with Crippen molar-refractivity contribution in [3.63, 3.8) is 0 Å². The van der Waals surface area contributed by atoms with Gasteiger partial charge in [-0.2, -0.15) is 14.6 Å². The monoisotopic (exact) mass is 314 g/mol. The third-order valence-corrected chi connectivity index (χ3v) is 4.20. The van der Waals surface area contributed by atoms with Gasteiger partial charge < -0.3 is 0 Å². The van der Waals surface area contributed by atoms with Crippen LogP contribution in [0.1, 0.15) is 34.7 Å². The Balaban J connectivity index is 1.58. The van der Waals surface area contributed by atoms with Gasteiger partial charge in [-0.1, -0.05) is 29.8 Å². The molecule has 2 aromatic rings. The molecule has 1 amide bonds. The van der Waals surface area contributed by atoms with Crippen molar-refractivity contribution in [1.29, 1.82) is 0 Å². The SMILES string of the molecule is Cc1ccc(C2CC2C(=O)N/N=C/c2c(C)nn(C)c2F)cc1. The van der Waals surface area contributed by atoms with E-state index in [9.17, 15) is 9.18 Å². The Bertz CT molecular complexity index is 764. The number of benzene rings is 1. The summed E-state index contributed by atoms with van der Waals surface area (Å²) in [5.41, 5.74) is 5.70. The number of aryl methyl sites for hydroxylation is 3. The smallest absolute Gasteiger partial charge is 0.243 e. The van der Waals surface area contributed by atoms with Crippen molar-refractivity contribution in [3.8, 4) is 0 Å². The molecule has 3 rings (SSSR count). The van der Waals surface area contributed by atoms with E-state index in [1.165, 1.54) is 24.4 Å². The van der Waals surface area contributed by atoms with Crippen molar-refractivity contribution < 1.29 is 9.18 Å². The van der Waals surface area contributed by atoms with Crippen LogP contribution in [0.25, 0.3) is 0 Å². The summed E-state index contributed by atoms with van der Waals surface area (Å²) in [7, 11) is 1.52. The Morgan fingerprint density at radius 2 is 2.09 bits per heavy atom. The molecule has 1 saturated carbocycles. The predicted octanol–water partition coefficient (Wildman–Crippen LogP) is 2.43. The maximum Gasteiger partial charge on any atom is 0.243 e. The van der Waals surface area contributed by atoms with E-state index in [1.807, 2.05) is 6.92 Å². The van der Waals surface area contributed by atoms with Gasteiger partial charge in [-0.05, 0) is 31.7 Å². The molecule has 0 spiro atoms. The van der Waals surface area contributed by atoms with Crippen molar-refractivity contribution in [3.05, 3.63) is 52.6 Å². The standard InChI is InChI=1S/C17H19FN4O/c1-10-4-6-12(7-5-10)13-8-14(13)17(23)20-19-9-15-11(2)21-22(3)16(15)18/h4-7,9,13-14H,8H2,1-3H3,(H,20,23)/b19-9+. The predicted molar refractivity (Wildman–Crippen MR) is 85.7 cm³/mol. The Labute approximate surface area is 134 Å². The molecule has 1 aromatic carbocycles. The van der Waals surface area contributed by atoms with Crippen molar-refractivity contribution >= 4 is 12.1 Å². The Morgan fingerprint density at radius 1 is 1.39 bits per heavy atom. The van der Waals surface area contributed by atoms with Gasteiger partial charge in [0.05, 0.1) is 17.5 Å². The highest BCUT2D eigenvalue weighted by molar-refractivity contribution is 5.86. The molecule has 23 heavy (non-hydrogen) atoms. The Kier molecular flexibility index (Phi) is 3.98. The Morgan fingerprint density at radius 3 is 2.70 bits per heavy atom. The summed E-state index contributed by atoms with van der Waals surface area (Å²) >= 11 is 0. The molecule has 2 atom stereocenters. The van der Waals surface area contributed by atoms with Crippen molar-refractivity contribution in [2.45, 2.75) is 26.2 Å². The number of hydrazone groups is 1. The molecule has 2 unspecified atom stereocenters. The number of amides is 1. The summed E-state index contributed by atoms with van der Waals surface area (Å²) in [4.78, 5) is 12.1. The lowest BCUT2D eigenvalue weighted by Gasteiger charge is -2.01. The number of aromatic nitrogens is 2.